The number of nitrogens with zero attached hydrogens (tertiary/aromatic N) is 3. The van der Waals surface area contributed by atoms with E-state index in [0.717, 1.165) is 0 Å². The summed E-state index contributed by atoms with van der Waals surface area (Å²) in [6, 6.07) is 12.1. The van der Waals surface area contributed by atoms with Gasteiger partial charge in [0.2, 0.25) is 6.41 Å². The van der Waals surface area contributed by atoms with Crippen LogP contribution in [0.1, 0.15) is 0 Å². The van der Waals surface area contributed by atoms with Crippen molar-refractivity contribution in [3.8, 4) is 5.75 Å². The largest absolute Gasteiger partial charge is 0.491 e. The molecule has 9 nitrogen and oxygen atoms in total. The van der Waals surface area contributed by atoms with Gasteiger partial charge >= 0.3 is 0 Å². The number of para-hydroxylation sites is 2. The van der Waals surface area contributed by atoms with E-state index in [1.54, 1.807) is 42.5 Å². The number of likely N-dealkylation sites (N-methyl/N-ethyl adjacent to an activating group) is 1. The van der Waals surface area contributed by atoms with Crippen molar-refractivity contribution in [2.45, 2.75) is 6.54 Å². The molecule has 0 spiro atoms. The van der Waals surface area contributed by atoms with E-state index in [9.17, 15) is 14.4 Å². The minimum absolute atomic E-state index is 0.0808. The van der Waals surface area contributed by atoms with Gasteiger partial charge in [0.1, 0.15) is 17.9 Å². The zero-order valence-electron chi connectivity index (χ0n) is 18.8. The molecule has 5 rings (SSSR count). The van der Waals surface area contributed by atoms with E-state index in [-0.39, 0.29) is 36.1 Å². The molecule has 0 aliphatic heterocycles. The van der Waals surface area contributed by atoms with Gasteiger partial charge in [0, 0.05) is 23.9 Å². The molecule has 0 atom stereocenters. The molecule has 9 heteroatoms. The van der Waals surface area contributed by atoms with E-state index in [4.69, 9.17) is 14.3 Å². The average Bonchev–Trinajstić information content (AvgIpc) is 3.09. The molecular formula is C25H23N3O6. The Labute approximate surface area is 193 Å². The fourth-order valence-electron chi connectivity index (χ4n) is 4.39. The van der Waals surface area contributed by atoms with Crippen LogP contribution < -0.4 is 15.9 Å². The molecular weight excluding hydrogens is 438 g/mol. The Kier molecular flexibility index (Phi) is 5.43. The maximum absolute atomic E-state index is 13.5. The Hall–Kier alpha value is -3.95. The van der Waals surface area contributed by atoms with Crippen LogP contribution in [0.4, 0.5) is 0 Å². The number of benzene rings is 3. The summed E-state index contributed by atoms with van der Waals surface area (Å²) in [7, 11) is 3.73. The van der Waals surface area contributed by atoms with Crippen molar-refractivity contribution in [3.63, 3.8) is 0 Å². The highest BCUT2D eigenvalue weighted by atomic mass is 16.5. The van der Waals surface area contributed by atoms with Gasteiger partial charge in [-0.15, -0.1) is 0 Å². The fraction of sp³-hybridized carbons (Fsp3) is 0.240. The summed E-state index contributed by atoms with van der Waals surface area (Å²) in [5.74, 6) is 0.436. The molecule has 0 fully saturated rings. The van der Waals surface area contributed by atoms with Gasteiger partial charge in [0.05, 0.1) is 22.9 Å². The van der Waals surface area contributed by atoms with E-state index < -0.39 is 11.1 Å². The predicted molar refractivity (Wildman–Crippen MR) is 131 cm³/mol. The van der Waals surface area contributed by atoms with Crippen molar-refractivity contribution < 1.29 is 19.1 Å². The summed E-state index contributed by atoms with van der Waals surface area (Å²) in [6.45, 7) is 0.627. The zero-order chi connectivity index (χ0) is 24.0. The molecule has 0 aliphatic rings. The predicted octanol–water partition coefficient (Wildman–Crippen LogP) is 2.19. The molecule has 174 valence electrons. The van der Waals surface area contributed by atoms with Crippen LogP contribution in [0.25, 0.3) is 43.7 Å². The van der Waals surface area contributed by atoms with Crippen LogP contribution in [-0.2, 0) is 11.3 Å². The molecule has 0 unspecified atom stereocenters. The minimum atomic E-state index is -0.466. The summed E-state index contributed by atoms with van der Waals surface area (Å²) in [6.07, 6.45) is 0.674. The molecule has 34 heavy (non-hydrogen) atoms. The van der Waals surface area contributed by atoms with Crippen molar-refractivity contribution in [2.75, 3.05) is 33.9 Å². The molecule has 3 aromatic carbocycles. The third-order valence-corrected chi connectivity index (χ3v) is 5.94. The summed E-state index contributed by atoms with van der Waals surface area (Å²) in [4.78, 5) is 41.2. The number of ether oxygens (including phenoxy) is 1. The van der Waals surface area contributed by atoms with Gasteiger partial charge < -0.3 is 19.2 Å². The van der Waals surface area contributed by atoms with Gasteiger partial charge in [-0.2, -0.15) is 0 Å². The number of rotatable bonds is 7. The maximum atomic E-state index is 13.5. The molecule has 5 aromatic rings. The van der Waals surface area contributed by atoms with Gasteiger partial charge in [-0.1, -0.05) is 12.1 Å². The highest BCUT2D eigenvalue weighted by Gasteiger charge is 2.24. The lowest BCUT2D eigenvalue weighted by atomic mass is 10.0. The summed E-state index contributed by atoms with van der Waals surface area (Å²) < 4.78 is 14.4. The zero-order valence-corrected chi connectivity index (χ0v) is 18.8. The highest BCUT2D eigenvalue weighted by Crippen LogP contribution is 2.36. The molecule has 0 radical (unpaired) electrons. The number of hydrogen-bond acceptors (Lipinski definition) is 7. The fourth-order valence-corrected chi connectivity index (χ4v) is 4.39. The van der Waals surface area contributed by atoms with Gasteiger partial charge in [0.25, 0.3) is 11.1 Å². The Bertz CT molecular complexity index is 1690. The number of aliphatic hydroxyl groups excluding tert-OH is 1. The van der Waals surface area contributed by atoms with E-state index >= 15 is 0 Å². The van der Waals surface area contributed by atoms with E-state index in [1.807, 2.05) is 19.0 Å². The smallest absolute Gasteiger partial charge is 0.265 e. The third kappa shape index (κ3) is 3.28. The van der Waals surface area contributed by atoms with E-state index in [0.29, 0.717) is 46.1 Å². The van der Waals surface area contributed by atoms with Crippen LogP contribution in [0.3, 0.4) is 0 Å². The third-order valence-electron chi connectivity index (χ3n) is 5.94. The Morgan fingerprint density at radius 2 is 1.82 bits per heavy atom. The Balaban J connectivity index is 2.02. The number of aliphatic hydroxyl groups is 1. The Morgan fingerprint density at radius 3 is 2.56 bits per heavy atom. The first kappa shape index (κ1) is 21.9. The first-order chi connectivity index (χ1) is 16.5. The lowest BCUT2D eigenvalue weighted by Crippen LogP contribution is -2.30. The van der Waals surface area contributed by atoms with Crippen molar-refractivity contribution in [3.05, 3.63) is 63.2 Å². The van der Waals surface area contributed by atoms with Gasteiger partial charge in [-0.3, -0.25) is 23.5 Å². The molecule has 0 amide bonds. The topological polar surface area (TPSA) is 107 Å². The lowest BCUT2D eigenvalue weighted by Gasteiger charge is -2.13. The van der Waals surface area contributed by atoms with Crippen LogP contribution in [0, 0.1) is 0 Å². The average molecular weight is 461 g/mol. The Morgan fingerprint density at radius 1 is 1.06 bits per heavy atom. The molecule has 1 N–H and O–H groups in total. The molecule has 0 saturated heterocycles. The SMILES string of the molecule is CN(C)CCn1c(=O)c2c3cc(OCCO)ccc3c3c(oc4ccccc4n3C=O)c2c1=O. The van der Waals surface area contributed by atoms with Crippen LogP contribution in [-0.4, -0.2) is 59.4 Å². The second-order valence-corrected chi connectivity index (χ2v) is 8.32. The standard InChI is InChI=1S/C25H23N3O6/c1-26(2)9-10-27-24(31)20-17-13-15(33-12-11-29)7-8-16(17)22-23(21(20)25(27)32)34-19-6-4-3-5-18(19)28(22)14-30/h3-8,13-14,29H,9-12H2,1-2H3. The highest BCUT2D eigenvalue weighted by molar-refractivity contribution is 6.24. The van der Waals surface area contributed by atoms with Gasteiger partial charge in [0.15, 0.2) is 11.2 Å². The molecule has 0 aliphatic carbocycles. The number of hydrogen-bond donors (Lipinski definition) is 1. The number of carbonyl (C=O) groups is 1. The molecule has 0 bridgehead atoms. The van der Waals surface area contributed by atoms with Crippen molar-refractivity contribution in [1.29, 1.82) is 0 Å². The first-order valence-electron chi connectivity index (χ1n) is 10.9. The number of aromatic nitrogens is 2. The van der Waals surface area contributed by atoms with Gasteiger partial charge in [-0.05, 0) is 44.4 Å². The summed E-state index contributed by atoms with van der Waals surface area (Å²) >= 11 is 0. The van der Waals surface area contributed by atoms with Gasteiger partial charge in [-0.25, -0.2) is 0 Å². The minimum Gasteiger partial charge on any atom is -0.491 e. The molecule has 2 aromatic heterocycles. The summed E-state index contributed by atoms with van der Waals surface area (Å²) in [5.41, 5.74) is 0.641. The lowest BCUT2D eigenvalue weighted by molar-refractivity contribution is 0.201. The first-order valence-corrected chi connectivity index (χ1v) is 10.9. The van der Waals surface area contributed by atoms with Crippen LogP contribution in [0.5, 0.6) is 5.75 Å². The second-order valence-electron chi connectivity index (χ2n) is 8.32. The maximum Gasteiger partial charge on any atom is 0.265 e. The van der Waals surface area contributed by atoms with E-state index in [1.165, 1.54) is 9.13 Å². The molecule has 2 heterocycles. The quantitative estimate of drug-likeness (QED) is 0.225. The number of carbonyl (C=O) groups excluding carboxylic acids is 1. The second kappa shape index (κ2) is 8.44. The van der Waals surface area contributed by atoms with Crippen LogP contribution >= 0.6 is 0 Å². The van der Waals surface area contributed by atoms with Crippen molar-refractivity contribution in [1.82, 2.24) is 14.0 Å². The van der Waals surface area contributed by atoms with Crippen LogP contribution in [0.15, 0.2) is 56.5 Å². The summed E-state index contributed by atoms with van der Waals surface area (Å²) in [5, 5.41) is 10.5. The van der Waals surface area contributed by atoms with Crippen molar-refractivity contribution in [2.24, 2.45) is 0 Å². The normalized spacial score (nSPS) is 11.9. The van der Waals surface area contributed by atoms with E-state index in [2.05, 4.69) is 0 Å². The number of fused-ring (bicyclic) bond motifs is 7. The van der Waals surface area contributed by atoms with Crippen LogP contribution in [0.2, 0.25) is 0 Å². The monoisotopic (exact) mass is 461 g/mol. The molecule has 0 saturated carbocycles. The van der Waals surface area contributed by atoms with Crippen molar-refractivity contribution >= 4 is 50.2 Å².